The molecule has 1 aliphatic rings. The third-order valence-electron chi connectivity index (χ3n) is 6.01. The number of pyridine rings is 1. The molecule has 0 amide bonds. The third-order valence-corrected chi connectivity index (χ3v) is 6.22. The Bertz CT molecular complexity index is 1290. The Morgan fingerprint density at radius 3 is 2.85 bits per heavy atom. The Hall–Kier alpha value is -3.48. The number of rotatable bonds is 6. The Morgan fingerprint density at radius 2 is 2.15 bits per heavy atom. The summed E-state index contributed by atoms with van der Waals surface area (Å²) in [6.07, 6.45) is 1.83. The number of aryl methyl sites for hydroxylation is 1. The predicted molar refractivity (Wildman–Crippen MR) is 129 cm³/mol. The van der Waals surface area contributed by atoms with Gasteiger partial charge in [0, 0.05) is 25.3 Å². The van der Waals surface area contributed by atoms with E-state index >= 15 is 0 Å². The maximum Gasteiger partial charge on any atom is 0.356 e. The molecule has 2 atom stereocenters. The fourth-order valence-electron chi connectivity index (χ4n) is 4.38. The minimum absolute atomic E-state index is 0.0891. The van der Waals surface area contributed by atoms with Crippen LogP contribution in [0.15, 0.2) is 24.3 Å². The number of nitrogens with zero attached hydrogens (tertiary/aromatic N) is 5. The van der Waals surface area contributed by atoms with E-state index in [0.29, 0.717) is 29.1 Å². The van der Waals surface area contributed by atoms with Crippen LogP contribution in [-0.4, -0.2) is 50.8 Å². The van der Waals surface area contributed by atoms with Gasteiger partial charge in [0.1, 0.15) is 11.2 Å². The Balaban J connectivity index is 1.78. The van der Waals surface area contributed by atoms with Crippen molar-refractivity contribution >= 4 is 40.1 Å². The van der Waals surface area contributed by atoms with Gasteiger partial charge in [0.2, 0.25) is 0 Å². The first kappa shape index (κ1) is 23.7. The molecule has 0 spiro atoms. The van der Waals surface area contributed by atoms with Crippen LogP contribution in [0, 0.1) is 24.2 Å². The van der Waals surface area contributed by atoms with E-state index < -0.39 is 5.97 Å². The average Bonchev–Trinajstić information content (AvgIpc) is 2.83. The average molecular weight is 481 g/mol. The fraction of sp³-hybridized carbons (Fsp3) is 0.375. The van der Waals surface area contributed by atoms with Crippen molar-refractivity contribution in [2.45, 2.75) is 32.7 Å². The minimum atomic E-state index is -1.18. The van der Waals surface area contributed by atoms with Crippen molar-refractivity contribution in [1.82, 2.24) is 15.0 Å². The summed E-state index contributed by atoms with van der Waals surface area (Å²) in [5, 5.41) is 32.2. The van der Waals surface area contributed by atoms with Crippen LogP contribution in [0.2, 0.25) is 5.15 Å². The van der Waals surface area contributed by atoms with Crippen LogP contribution in [0.1, 0.15) is 53.1 Å². The molecule has 0 unspecified atom stereocenters. The number of hydrogen-bond acceptors (Lipinski definition) is 8. The number of carbonyl (C=O) groups is 1. The number of halogens is 1. The van der Waals surface area contributed by atoms with Crippen molar-refractivity contribution in [3.05, 3.63) is 51.9 Å². The summed E-state index contributed by atoms with van der Waals surface area (Å²) in [6, 6.07) is 8.79. The molecule has 2 aromatic heterocycles. The van der Waals surface area contributed by atoms with E-state index in [9.17, 15) is 20.3 Å². The number of aromatic carboxylic acids is 1. The fourth-order valence-corrected chi connectivity index (χ4v) is 4.53. The topological polar surface area (TPSA) is 135 Å². The number of aliphatic hydroxyl groups excluding tert-OH is 1. The standard InChI is InChI=1S/C24H25ClN6O3/c1-13-8-16(14(2)27-17-5-6-20(25)29-22(17)24(33)34)21-18(9-13)28-19(10-26)23(30-21)31-7-3-4-15(11-31)12-32/h5-6,8-9,14-15,27,32H,3-4,7,11-12H2,1-2H3,(H,33,34)/t14-,15-/m1/s1. The Labute approximate surface area is 202 Å². The maximum atomic E-state index is 11.7. The third kappa shape index (κ3) is 4.74. The highest BCUT2D eigenvalue weighted by Crippen LogP contribution is 2.31. The van der Waals surface area contributed by atoms with Crippen LogP contribution in [-0.2, 0) is 0 Å². The zero-order valence-corrected chi connectivity index (χ0v) is 19.7. The van der Waals surface area contributed by atoms with Crippen LogP contribution in [0.4, 0.5) is 11.5 Å². The summed E-state index contributed by atoms with van der Waals surface area (Å²) in [6.45, 7) is 5.26. The monoisotopic (exact) mass is 480 g/mol. The van der Waals surface area contributed by atoms with E-state index in [1.165, 1.54) is 6.07 Å². The largest absolute Gasteiger partial charge is 0.476 e. The molecule has 1 aromatic carbocycles. The summed E-state index contributed by atoms with van der Waals surface area (Å²) < 4.78 is 0. The lowest BCUT2D eigenvalue weighted by atomic mass is 9.98. The molecule has 176 valence electrons. The quantitative estimate of drug-likeness (QED) is 0.448. The highest BCUT2D eigenvalue weighted by atomic mass is 35.5. The number of carboxylic acids is 1. The van der Waals surface area contributed by atoms with Gasteiger partial charge in [-0.2, -0.15) is 5.26 Å². The highest BCUT2D eigenvalue weighted by molar-refractivity contribution is 6.29. The van der Waals surface area contributed by atoms with Crippen LogP contribution in [0.3, 0.4) is 0 Å². The zero-order chi connectivity index (χ0) is 24.4. The lowest BCUT2D eigenvalue weighted by Gasteiger charge is -2.33. The molecule has 3 heterocycles. The van der Waals surface area contributed by atoms with Crippen molar-refractivity contribution in [3.63, 3.8) is 0 Å². The Kier molecular flexibility index (Phi) is 6.82. The molecule has 1 fully saturated rings. The van der Waals surface area contributed by atoms with Gasteiger partial charge in [0.25, 0.3) is 0 Å². The minimum Gasteiger partial charge on any atom is -0.476 e. The molecule has 0 aliphatic carbocycles. The summed E-state index contributed by atoms with van der Waals surface area (Å²) in [5.41, 5.74) is 3.39. The highest BCUT2D eigenvalue weighted by Gasteiger charge is 2.25. The van der Waals surface area contributed by atoms with Gasteiger partial charge in [0.15, 0.2) is 17.2 Å². The van der Waals surface area contributed by atoms with E-state index in [2.05, 4.69) is 21.4 Å². The SMILES string of the molecule is Cc1cc([C@@H](C)Nc2ccc(Cl)nc2C(=O)O)c2nc(N3CCC[C@@H](CO)C3)c(C#N)nc2c1. The molecular formula is C24H25ClN6O3. The van der Waals surface area contributed by atoms with Gasteiger partial charge in [-0.1, -0.05) is 17.7 Å². The first-order valence-corrected chi connectivity index (χ1v) is 11.4. The van der Waals surface area contributed by atoms with Gasteiger partial charge in [0.05, 0.1) is 22.8 Å². The number of nitrogens with one attached hydrogen (secondary N) is 1. The van der Waals surface area contributed by atoms with Crippen molar-refractivity contribution in [3.8, 4) is 6.07 Å². The molecule has 4 rings (SSSR count). The Morgan fingerprint density at radius 1 is 1.35 bits per heavy atom. The molecule has 9 nitrogen and oxygen atoms in total. The number of aromatic nitrogens is 3. The molecule has 3 N–H and O–H groups in total. The summed E-state index contributed by atoms with van der Waals surface area (Å²) >= 11 is 5.89. The lowest BCUT2D eigenvalue weighted by Crippen LogP contribution is -2.38. The molecule has 3 aromatic rings. The summed E-state index contributed by atoms with van der Waals surface area (Å²) in [7, 11) is 0. The van der Waals surface area contributed by atoms with Gasteiger partial charge >= 0.3 is 5.97 Å². The second kappa shape index (κ2) is 9.79. The second-order valence-electron chi connectivity index (χ2n) is 8.57. The van der Waals surface area contributed by atoms with Crippen molar-refractivity contribution < 1.29 is 15.0 Å². The number of anilines is 2. The van der Waals surface area contributed by atoms with E-state index in [-0.39, 0.29) is 35.1 Å². The smallest absolute Gasteiger partial charge is 0.356 e. The molecule has 0 bridgehead atoms. The van der Waals surface area contributed by atoms with Crippen molar-refractivity contribution in [2.75, 3.05) is 29.9 Å². The number of nitriles is 1. The van der Waals surface area contributed by atoms with Gasteiger partial charge < -0.3 is 20.4 Å². The number of piperidine rings is 1. The van der Waals surface area contributed by atoms with Crippen LogP contribution in [0.5, 0.6) is 0 Å². The van der Waals surface area contributed by atoms with Crippen molar-refractivity contribution in [2.24, 2.45) is 5.92 Å². The van der Waals surface area contributed by atoms with Crippen LogP contribution >= 0.6 is 11.6 Å². The number of benzene rings is 1. The molecule has 0 saturated carbocycles. The van der Waals surface area contributed by atoms with E-state index in [0.717, 1.165) is 30.5 Å². The van der Waals surface area contributed by atoms with E-state index in [1.54, 1.807) is 6.07 Å². The summed E-state index contributed by atoms with van der Waals surface area (Å²) in [5.74, 6) is -0.553. The lowest BCUT2D eigenvalue weighted by molar-refractivity contribution is 0.0691. The van der Waals surface area contributed by atoms with Gasteiger partial charge in [-0.25, -0.2) is 19.7 Å². The van der Waals surface area contributed by atoms with Crippen LogP contribution in [0.25, 0.3) is 11.0 Å². The predicted octanol–water partition coefficient (Wildman–Crippen LogP) is 3.94. The first-order chi connectivity index (χ1) is 16.3. The van der Waals surface area contributed by atoms with Crippen LogP contribution < -0.4 is 10.2 Å². The number of hydrogen-bond donors (Lipinski definition) is 3. The van der Waals surface area contributed by atoms with E-state index in [1.807, 2.05) is 30.9 Å². The number of carboxylic acid groups (broad SMARTS) is 1. The molecule has 0 radical (unpaired) electrons. The summed E-state index contributed by atoms with van der Waals surface area (Å²) in [4.78, 5) is 27.1. The molecular weight excluding hydrogens is 456 g/mol. The van der Waals surface area contributed by atoms with Crippen molar-refractivity contribution in [1.29, 1.82) is 5.26 Å². The second-order valence-corrected chi connectivity index (χ2v) is 8.95. The number of aliphatic hydroxyl groups is 1. The molecule has 34 heavy (non-hydrogen) atoms. The van der Waals surface area contributed by atoms with E-state index in [4.69, 9.17) is 16.6 Å². The van der Waals surface area contributed by atoms with Gasteiger partial charge in [-0.15, -0.1) is 0 Å². The molecule has 1 saturated heterocycles. The molecule has 1 aliphatic heterocycles. The normalized spacial score (nSPS) is 16.8. The van der Waals surface area contributed by atoms with Gasteiger partial charge in [-0.3, -0.25) is 0 Å². The number of fused-ring (bicyclic) bond motifs is 1. The van der Waals surface area contributed by atoms with Gasteiger partial charge in [-0.05, 0) is 56.4 Å². The molecule has 10 heteroatoms. The maximum absolute atomic E-state index is 11.7. The first-order valence-electron chi connectivity index (χ1n) is 11.0. The zero-order valence-electron chi connectivity index (χ0n) is 18.9.